The van der Waals surface area contributed by atoms with E-state index >= 15 is 0 Å². The molecule has 84 valence electrons. The molecule has 0 aromatic heterocycles. The summed E-state index contributed by atoms with van der Waals surface area (Å²) in [6, 6.07) is 0. The molecular formula is C11H22O3. The quantitative estimate of drug-likeness (QED) is 0.758. The molecule has 0 radical (unpaired) electrons. The summed E-state index contributed by atoms with van der Waals surface area (Å²) in [5, 5.41) is 8.90. The second-order valence-corrected chi connectivity index (χ2v) is 4.76. The van der Waals surface area contributed by atoms with Crippen molar-refractivity contribution in [2.75, 3.05) is 13.2 Å². The minimum Gasteiger partial charge on any atom is -0.396 e. The van der Waals surface area contributed by atoms with Crippen LogP contribution < -0.4 is 0 Å². The first-order chi connectivity index (χ1) is 6.46. The van der Waals surface area contributed by atoms with Gasteiger partial charge in [-0.05, 0) is 26.2 Å². The zero-order valence-electron chi connectivity index (χ0n) is 9.62. The van der Waals surface area contributed by atoms with Gasteiger partial charge in [-0.1, -0.05) is 13.8 Å². The molecule has 1 saturated heterocycles. The Morgan fingerprint density at radius 1 is 1.50 bits per heavy atom. The Morgan fingerprint density at radius 2 is 2.14 bits per heavy atom. The van der Waals surface area contributed by atoms with Crippen molar-refractivity contribution in [3.63, 3.8) is 0 Å². The predicted molar refractivity (Wildman–Crippen MR) is 54.9 cm³/mol. The van der Waals surface area contributed by atoms with Crippen molar-refractivity contribution >= 4 is 0 Å². The zero-order valence-corrected chi connectivity index (χ0v) is 9.62. The fraction of sp³-hybridized carbons (Fsp3) is 1.00. The molecule has 0 aromatic rings. The van der Waals surface area contributed by atoms with Crippen LogP contribution in [0.25, 0.3) is 0 Å². The van der Waals surface area contributed by atoms with Crippen molar-refractivity contribution in [2.24, 2.45) is 11.8 Å². The largest absolute Gasteiger partial charge is 0.396 e. The van der Waals surface area contributed by atoms with Crippen LogP contribution in [0, 0.1) is 11.8 Å². The molecule has 1 aliphatic heterocycles. The van der Waals surface area contributed by atoms with Gasteiger partial charge in [-0.3, -0.25) is 0 Å². The predicted octanol–water partition coefficient (Wildman–Crippen LogP) is 1.79. The van der Waals surface area contributed by atoms with Gasteiger partial charge in [0.1, 0.15) is 0 Å². The van der Waals surface area contributed by atoms with Gasteiger partial charge < -0.3 is 14.6 Å². The van der Waals surface area contributed by atoms with Crippen molar-refractivity contribution in [2.45, 2.75) is 46.0 Å². The van der Waals surface area contributed by atoms with E-state index in [4.69, 9.17) is 14.6 Å². The molecule has 1 fully saturated rings. The summed E-state index contributed by atoms with van der Waals surface area (Å²) in [6.07, 6.45) is 0.997. The number of aliphatic hydroxyl groups excluding tert-OH is 1. The third-order valence-corrected chi connectivity index (χ3v) is 2.82. The molecule has 3 atom stereocenters. The molecule has 1 rings (SSSR count). The van der Waals surface area contributed by atoms with Crippen LogP contribution in [-0.4, -0.2) is 30.2 Å². The fourth-order valence-corrected chi connectivity index (χ4v) is 1.95. The lowest BCUT2D eigenvalue weighted by molar-refractivity contribution is -0.300. The third-order valence-electron chi connectivity index (χ3n) is 2.82. The van der Waals surface area contributed by atoms with Crippen molar-refractivity contribution in [3.05, 3.63) is 0 Å². The van der Waals surface area contributed by atoms with E-state index in [0.717, 1.165) is 13.0 Å². The topological polar surface area (TPSA) is 38.7 Å². The first kappa shape index (κ1) is 12.0. The zero-order chi connectivity index (χ0) is 10.8. The van der Waals surface area contributed by atoms with Gasteiger partial charge in [0.15, 0.2) is 5.79 Å². The number of aliphatic hydroxyl groups is 1. The molecular weight excluding hydrogens is 180 g/mol. The minimum absolute atomic E-state index is 0.200. The maximum Gasteiger partial charge on any atom is 0.163 e. The van der Waals surface area contributed by atoms with E-state index in [2.05, 4.69) is 13.8 Å². The normalized spacial score (nSPS) is 34.1. The van der Waals surface area contributed by atoms with Crippen LogP contribution in [-0.2, 0) is 9.47 Å². The molecule has 0 bridgehead atoms. The average Bonchev–Trinajstić information content (AvgIpc) is 2.10. The van der Waals surface area contributed by atoms with Gasteiger partial charge >= 0.3 is 0 Å². The van der Waals surface area contributed by atoms with E-state index in [-0.39, 0.29) is 12.7 Å². The van der Waals surface area contributed by atoms with Crippen LogP contribution in [0.5, 0.6) is 0 Å². The molecule has 14 heavy (non-hydrogen) atoms. The van der Waals surface area contributed by atoms with Crippen LogP contribution in [0.2, 0.25) is 0 Å². The van der Waals surface area contributed by atoms with Crippen LogP contribution >= 0.6 is 0 Å². The number of rotatable bonds is 3. The van der Waals surface area contributed by atoms with E-state index < -0.39 is 5.79 Å². The Kier molecular flexibility index (Phi) is 3.93. The first-order valence-corrected chi connectivity index (χ1v) is 5.39. The molecule has 0 unspecified atom stereocenters. The molecule has 0 aliphatic carbocycles. The van der Waals surface area contributed by atoms with Crippen LogP contribution in [0.15, 0.2) is 0 Å². The summed E-state index contributed by atoms with van der Waals surface area (Å²) in [6.45, 7) is 9.12. The highest BCUT2D eigenvalue weighted by atomic mass is 16.7. The highest BCUT2D eigenvalue weighted by molar-refractivity contribution is 4.78. The molecule has 0 aromatic carbocycles. The molecule has 1 heterocycles. The first-order valence-electron chi connectivity index (χ1n) is 5.39. The van der Waals surface area contributed by atoms with E-state index in [0.29, 0.717) is 11.8 Å². The van der Waals surface area contributed by atoms with E-state index in [1.165, 1.54) is 0 Å². The number of hydrogen-bond donors (Lipinski definition) is 1. The maximum atomic E-state index is 8.90. The summed E-state index contributed by atoms with van der Waals surface area (Å²) in [7, 11) is 0. The second kappa shape index (κ2) is 4.60. The summed E-state index contributed by atoms with van der Waals surface area (Å²) < 4.78 is 11.4. The molecule has 0 saturated carbocycles. The SMILES string of the molecule is C[C@H](CCO)[C@@H]1OC(C)(C)OC[C@H]1C. The Labute approximate surface area is 86.4 Å². The van der Waals surface area contributed by atoms with Gasteiger partial charge in [-0.25, -0.2) is 0 Å². The Morgan fingerprint density at radius 3 is 2.71 bits per heavy atom. The Bertz CT molecular complexity index is 179. The minimum atomic E-state index is -0.471. The van der Waals surface area contributed by atoms with Crippen molar-refractivity contribution in [3.8, 4) is 0 Å². The third kappa shape index (κ3) is 2.94. The molecule has 1 aliphatic rings. The molecule has 0 spiro atoms. The van der Waals surface area contributed by atoms with Gasteiger partial charge in [0.25, 0.3) is 0 Å². The molecule has 1 N–H and O–H groups in total. The molecule has 3 nitrogen and oxygen atoms in total. The summed E-state index contributed by atoms with van der Waals surface area (Å²) in [5.41, 5.74) is 0. The maximum absolute atomic E-state index is 8.90. The smallest absolute Gasteiger partial charge is 0.163 e. The van der Waals surface area contributed by atoms with E-state index in [9.17, 15) is 0 Å². The van der Waals surface area contributed by atoms with Gasteiger partial charge in [-0.15, -0.1) is 0 Å². The van der Waals surface area contributed by atoms with Crippen LogP contribution in [0.4, 0.5) is 0 Å². The van der Waals surface area contributed by atoms with Crippen molar-refractivity contribution in [1.82, 2.24) is 0 Å². The standard InChI is InChI=1S/C11H22O3/c1-8(5-6-12)10-9(2)7-13-11(3,4)14-10/h8-10,12H,5-7H2,1-4H3/t8-,9-,10+/m1/s1. The Balaban J connectivity index is 2.56. The fourth-order valence-electron chi connectivity index (χ4n) is 1.95. The van der Waals surface area contributed by atoms with Crippen molar-refractivity contribution in [1.29, 1.82) is 0 Å². The van der Waals surface area contributed by atoms with Crippen LogP contribution in [0.3, 0.4) is 0 Å². The number of ether oxygens (including phenoxy) is 2. The Hall–Kier alpha value is -0.120. The van der Waals surface area contributed by atoms with E-state index in [1.54, 1.807) is 0 Å². The lowest BCUT2D eigenvalue weighted by Gasteiger charge is -2.42. The number of hydrogen-bond acceptors (Lipinski definition) is 3. The van der Waals surface area contributed by atoms with Gasteiger partial charge in [0, 0.05) is 12.5 Å². The van der Waals surface area contributed by atoms with Gasteiger partial charge in [0.2, 0.25) is 0 Å². The summed E-state index contributed by atoms with van der Waals surface area (Å²) in [4.78, 5) is 0. The molecule has 0 amide bonds. The van der Waals surface area contributed by atoms with Crippen LogP contribution in [0.1, 0.15) is 34.1 Å². The highest BCUT2D eigenvalue weighted by Gasteiger charge is 2.36. The summed E-state index contributed by atoms with van der Waals surface area (Å²) >= 11 is 0. The monoisotopic (exact) mass is 202 g/mol. The van der Waals surface area contributed by atoms with Gasteiger partial charge in [0.05, 0.1) is 12.7 Å². The highest BCUT2D eigenvalue weighted by Crippen LogP contribution is 2.31. The van der Waals surface area contributed by atoms with Crippen molar-refractivity contribution < 1.29 is 14.6 Å². The van der Waals surface area contributed by atoms with Gasteiger partial charge in [-0.2, -0.15) is 0 Å². The average molecular weight is 202 g/mol. The lowest BCUT2D eigenvalue weighted by Crippen LogP contribution is -2.47. The van der Waals surface area contributed by atoms with E-state index in [1.807, 2.05) is 13.8 Å². The lowest BCUT2D eigenvalue weighted by atomic mass is 9.90. The molecule has 3 heteroatoms. The second-order valence-electron chi connectivity index (χ2n) is 4.76. The summed E-state index contributed by atoms with van der Waals surface area (Å²) in [5.74, 6) is 0.323.